The Morgan fingerprint density at radius 1 is 1.24 bits per heavy atom. The molecule has 33 heavy (non-hydrogen) atoms. The lowest BCUT2D eigenvalue weighted by molar-refractivity contribution is -0.384. The Morgan fingerprint density at radius 2 is 1.94 bits per heavy atom. The van der Waals surface area contributed by atoms with Gasteiger partial charge in [-0.25, -0.2) is 19.2 Å². The van der Waals surface area contributed by atoms with Crippen molar-refractivity contribution in [3.05, 3.63) is 75.2 Å². The van der Waals surface area contributed by atoms with Crippen molar-refractivity contribution < 1.29 is 23.6 Å². The molecule has 0 atom stereocenters. The summed E-state index contributed by atoms with van der Waals surface area (Å²) in [5.41, 5.74) is -0.178. The third-order valence-corrected chi connectivity index (χ3v) is 5.06. The molecular formula is C22H18ClFN4O5. The second-order valence-electron chi connectivity index (χ2n) is 6.58. The van der Waals surface area contributed by atoms with Crippen molar-refractivity contribution in [3.63, 3.8) is 0 Å². The van der Waals surface area contributed by atoms with E-state index in [1.165, 1.54) is 55.5 Å². The van der Waals surface area contributed by atoms with Gasteiger partial charge >= 0.3 is 5.97 Å². The van der Waals surface area contributed by atoms with Gasteiger partial charge in [-0.05, 0) is 18.2 Å². The Kier molecular flexibility index (Phi) is 6.88. The number of carbonyl (C=O) groups excluding carboxylic acids is 1. The van der Waals surface area contributed by atoms with Crippen molar-refractivity contribution in [2.75, 3.05) is 26.2 Å². The number of aromatic nitrogens is 2. The number of rotatable bonds is 7. The molecule has 3 aromatic rings. The highest BCUT2D eigenvalue weighted by atomic mass is 35.5. The fourth-order valence-corrected chi connectivity index (χ4v) is 3.41. The van der Waals surface area contributed by atoms with Crippen LogP contribution in [-0.2, 0) is 4.74 Å². The maximum atomic E-state index is 15.1. The Labute approximate surface area is 193 Å². The molecule has 0 unspecified atom stereocenters. The van der Waals surface area contributed by atoms with Crippen LogP contribution in [0.1, 0.15) is 16.1 Å². The lowest BCUT2D eigenvalue weighted by atomic mass is 10.1. The standard InChI is InChI=1S/C22H18ClFN4O5/c1-5-12-18(22(29)33-4)25-20(13-10-11-14(23)19(32-3)17(13)24)26-21(12)27(2)15-8-6-7-9-16(15)28(30)31/h5-11H,1H2,2-4H3. The van der Waals surface area contributed by atoms with E-state index in [0.717, 1.165) is 7.11 Å². The molecule has 0 saturated carbocycles. The molecule has 0 radical (unpaired) electrons. The van der Waals surface area contributed by atoms with E-state index >= 15 is 4.39 Å². The zero-order valence-electron chi connectivity index (χ0n) is 17.8. The van der Waals surface area contributed by atoms with Crippen molar-refractivity contribution in [3.8, 4) is 17.1 Å². The predicted molar refractivity (Wildman–Crippen MR) is 122 cm³/mol. The van der Waals surface area contributed by atoms with Crippen LogP contribution in [-0.4, -0.2) is 42.1 Å². The number of hydrogen-bond donors (Lipinski definition) is 0. The molecule has 0 N–H and O–H groups in total. The first-order chi connectivity index (χ1) is 15.7. The Morgan fingerprint density at radius 3 is 2.55 bits per heavy atom. The van der Waals surface area contributed by atoms with Crippen LogP contribution in [0.5, 0.6) is 5.75 Å². The van der Waals surface area contributed by atoms with Gasteiger partial charge in [0.2, 0.25) is 0 Å². The van der Waals surface area contributed by atoms with E-state index in [4.69, 9.17) is 21.1 Å². The van der Waals surface area contributed by atoms with E-state index in [9.17, 15) is 14.9 Å². The second kappa shape index (κ2) is 9.61. The lowest BCUT2D eigenvalue weighted by Gasteiger charge is -2.22. The fourth-order valence-electron chi connectivity index (χ4n) is 3.18. The number of nitrogens with zero attached hydrogens (tertiary/aromatic N) is 4. The van der Waals surface area contributed by atoms with Crippen molar-refractivity contribution in [1.29, 1.82) is 0 Å². The Hall–Kier alpha value is -4.05. The minimum absolute atomic E-state index is 0.0342. The molecule has 3 rings (SSSR count). The number of esters is 1. The van der Waals surface area contributed by atoms with Crippen LogP contribution in [0, 0.1) is 15.9 Å². The summed E-state index contributed by atoms with van der Waals surface area (Å²) < 4.78 is 25.0. The maximum Gasteiger partial charge on any atom is 0.357 e. The van der Waals surface area contributed by atoms with Crippen LogP contribution in [0.15, 0.2) is 43.0 Å². The first-order valence-electron chi connectivity index (χ1n) is 9.37. The molecule has 9 nitrogen and oxygen atoms in total. The summed E-state index contributed by atoms with van der Waals surface area (Å²) in [6, 6.07) is 8.69. The van der Waals surface area contributed by atoms with E-state index in [1.807, 2.05) is 0 Å². The van der Waals surface area contributed by atoms with Crippen molar-refractivity contribution >= 4 is 40.8 Å². The predicted octanol–water partition coefficient (Wildman–Crippen LogP) is 5.05. The van der Waals surface area contributed by atoms with E-state index in [0.29, 0.717) is 0 Å². The van der Waals surface area contributed by atoms with Gasteiger partial charge in [-0.1, -0.05) is 36.4 Å². The van der Waals surface area contributed by atoms with Gasteiger partial charge in [0.25, 0.3) is 5.69 Å². The molecule has 0 aliphatic carbocycles. The maximum absolute atomic E-state index is 15.1. The van der Waals surface area contributed by atoms with E-state index in [1.54, 1.807) is 6.07 Å². The molecule has 0 saturated heterocycles. The minimum atomic E-state index is -0.841. The monoisotopic (exact) mass is 472 g/mol. The number of halogens is 2. The van der Waals surface area contributed by atoms with E-state index in [-0.39, 0.29) is 50.6 Å². The van der Waals surface area contributed by atoms with Crippen LogP contribution in [0.3, 0.4) is 0 Å². The summed E-state index contributed by atoms with van der Waals surface area (Å²) in [4.78, 5) is 33.5. The van der Waals surface area contributed by atoms with Gasteiger partial charge in [0, 0.05) is 13.1 Å². The van der Waals surface area contributed by atoms with Gasteiger partial charge in [-0.2, -0.15) is 0 Å². The molecule has 0 spiro atoms. The SMILES string of the molecule is C=Cc1c(C(=O)OC)nc(-c2ccc(Cl)c(OC)c2F)nc1N(C)c1ccccc1[N+](=O)[O-]. The summed E-state index contributed by atoms with van der Waals surface area (Å²) in [6.07, 6.45) is 1.31. The molecule has 0 amide bonds. The van der Waals surface area contributed by atoms with E-state index < -0.39 is 16.7 Å². The number of para-hydroxylation sites is 2. The highest BCUT2D eigenvalue weighted by Gasteiger charge is 2.27. The van der Waals surface area contributed by atoms with Gasteiger partial charge in [0.05, 0.1) is 35.3 Å². The highest BCUT2D eigenvalue weighted by Crippen LogP contribution is 2.38. The number of nitro benzene ring substituents is 1. The van der Waals surface area contributed by atoms with E-state index in [2.05, 4.69) is 16.5 Å². The van der Waals surface area contributed by atoms with Crippen molar-refractivity contribution in [2.45, 2.75) is 0 Å². The average Bonchev–Trinajstić information content (AvgIpc) is 2.82. The quantitative estimate of drug-likeness (QED) is 0.267. The Bertz CT molecular complexity index is 1270. The number of ether oxygens (including phenoxy) is 2. The molecule has 0 bridgehead atoms. The first-order valence-corrected chi connectivity index (χ1v) is 9.75. The molecule has 170 valence electrons. The number of anilines is 2. The zero-order valence-corrected chi connectivity index (χ0v) is 18.6. The highest BCUT2D eigenvalue weighted by molar-refractivity contribution is 6.32. The topological polar surface area (TPSA) is 108 Å². The molecule has 0 aliphatic heterocycles. The smallest absolute Gasteiger partial charge is 0.357 e. The normalized spacial score (nSPS) is 10.5. The molecule has 2 aromatic carbocycles. The summed E-state index contributed by atoms with van der Waals surface area (Å²) >= 11 is 5.98. The van der Waals surface area contributed by atoms with Gasteiger partial charge in [-0.15, -0.1) is 0 Å². The summed E-state index contributed by atoms with van der Waals surface area (Å²) in [5.74, 6) is -2.01. The van der Waals surface area contributed by atoms with Crippen LogP contribution in [0.2, 0.25) is 5.02 Å². The third-order valence-electron chi connectivity index (χ3n) is 4.76. The summed E-state index contributed by atoms with van der Waals surface area (Å²) in [6.45, 7) is 3.70. The van der Waals surface area contributed by atoms with Crippen molar-refractivity contribution in [2.24, 2.45) is 0 Å². The van der Waals surface area contributed by atoms with Crippen molar-refractivity contribution in [1.82, 2.24) is 9.97 Å². The molecule has 1 aromatic heterocycles. The molecular weight excluding hydrogens is 455 g/mol. The molecule has 1 heterocycles. The second-order valence-corrected chi connectivity index (χ2v) is 6.98. The van der Waals surface area contributed by atoms with Crippen LogP contribution >= 0.6 is 11.6 Å². The minimum Gasteiger partial charge on any atom is -0.492 e. The summed E-state index contributed by atoms with van der Waals surface area (Å²) in [7, 11) is 3.93. The van der Waals surface area contributed by atoms with Gasteiger partial charge in [0.1, 0.15) is 11.5 Å². The number of methoxy groups -OCH3 is 2. The first kappa shape index (κ1) is 23.6. The van der Waals surface area contributed by atoms with Crippen LogP contribution < -0.4 is 9.64 Å². The average molecular weight is 473 g/mol. The van der Waals surface area contributed by atoms with Gasteiger partial charge in [-0.3, -0.25) is 10.1 Å². The summed E-state index contributed by atoms with van der Waals surface area (Å²) in [5, 5.41) is 11.6. The Balaban J connectivity index is 2.35. The lowest BCUT2D eigenvalue weighted by Crippen LogP contribution is -2.19. The van der Waals surface area contributed by atoms with Gasteiger partial charge in [0.15, 0.2) is 23.1 Å². The molecule has 11 heteroatoms. The van der Waals surface area contributed by atoms with Gasteiger partial charge < -0.3 is 14.4 Å². The zero-order chi connectivity index (χ0) is 24.3. The molecule has 0 fully saturated rings. The van der Waals surface area contributed by atoms with Crippen LogP contribution in [0.4, 0.5) is 21.6 Å². The van der Waals surface area contributed by atoms with Crippen LogP contribution in [0.25, 0.3) is 17.5 Å². The number of carbonyl (C=O) groups is 1. The number of benzene rings is 2. The number of hydrogen-bond acceptors (Lipinski definition) is 8. The third kappa shape index (κ3) is 4.33. The fraction of sp³-hybridized carbons (Fsp3) is 0.136. The number of nitro groups is 1. The molecule has 0 aliphatic rings. The largest absolute Gasteiger partial charge is 0.492 e.